The molecule has 4 heteroatoms. The molecular weight excluding hydrogens is 254 g/mol. The van der Waals surface area contributed by atoms with Gasteiger partial charge in [0.15, 0.2) is 0 Å². The molecule has 1 heterocycles. The van der Waals surface area contributed by atoms with E-state index >= 15 is 0 Å². The largest absolute Gasteiger partial charge is 0.306 e. The summed E-state index contributed by atoms with van der Waals surface area (Å²) >= 11 is 3.53. The van der Waals surface area contributed by atoms with Gasteiger partial charge in [0.05, 0.1) is 16.4 Å². The van der Waals surface area contributed by atoms with Gasteiger partial charge in [-0.1, -0.05) is 6.92 Å². The van der Waals surface area contributed by atoms with Gasteiger partial charge in [0, 0.05) is 18.6 Å². The van der Waals surface area contributed by atoms with Crippen molar-refractivity contribution in [3.63, 3.8) is 0 Å². The normalized spacial score (nSPS) is 12.1. The molecule has 0 spiro atoms. The molecule has 86 valence electrons. The van der Waals surface area contributed by atoms with Gasteiger partial charge in [-0.2, -0.15) is 5.10 Å². The number of aromatic nitrogens is 2. The quantitative estimate of drug-likeness (QED) is 0.914. The Morgan fingerprint density at radius 1 is 1.47 bits per heavy atom. The molecule has 0 saturated heterocycles. The van der Waals surface area contributed by atoms with Crippen LogP contribution in [-0.4, -0.2) is 15.3 Å². The molecule has 1 N–H and O–H groups in total. The maximum Gasteiger partial charge on any atom is 0.0664 e. The van der Waals surface area contributed by atoms with Crippen LogP contribution in [-0.2, 0) is 13.1 Å². The second-order valence-electron chi connectivity index (χ2n) is 4.77. The van der Waals surface area contributed by atoms with E-state index in [1.54, 1.807) is 0 Å². The molecule has 0 aromatic carbocycles. The van der Waals surface area contributed by atoms with Gasteiger partial charge < -0.3 is 5.32 Å². The van der Waals surface area contributed by atoms with Gasteiger partial charge >= 0.3 is 0 Å². The molecule has 0 bridgehead atoms. The lowest BCUT2D eigenvalue weighted by Gasteiger charge is -2.21. The van der Waals surface area contributed by atoms with Crippen molar-refractivity contribution in [1.82, 2.24) is 15.1 Å². The van der Waals surface area contributed by atoms with Crippen molar-refractivity contribution in [3.05, 3.63) is 16.4 Å². The molecule has 0 amide bonds. The molecule has 0 saturated carbocycles. The lowest BCUT2D eigenvalue weighted by atomic mass is 10.1. The van der Waals surface area contributed by atoms with Gasteiger partial charge in [-0.3, -0.25) is 4.68 Å². The Bertz CT molecular complexity index is 312. The zero-order valence-electron chi connectivity index (χ0n) is 9.97. The summed E-state index contributed by atoms with van der Waals surface area (Å²) in [6.45, 7) is 10.5. The van der Waals surface area contributed by atoms with Crippen LogP contribution in [0, 0.1) is 0 Å². The third-order valence-electron chi connectivity index (χ3n) is 2.12. The molecule has 0 aliphatic heterocycles. The van der Waals surface area contributed by atoms with Crippen LogP contribution in [0.1, 0.15) is 39.8 Å². The molecule has 0 aliphatic carbocycles. The molecular formula is C11H20BrN3. The van der Waals surface area contributed by atoms with Gasteiger partial charge in [0.2, 0.25) is 0 Å². The Hall–Kier alpha value is -0.350. The minimum Gasteiger partial charge on any atom is -0.306 e. The van der Waals surface area contributed by atoms with E-state index in [9.17, 15) is 0 Å². The minimum absolute atomic E-state index is 0.140. The van der Waals surface area contributed by atoms with Crippen LogP contribution in [0.2, 0.25) is 0 Å². The monoisotopic (exact) mass is 273 g/mol. The number of halogens is 1. The summed E-state index contributed by atoms with van der Waals surface area (Å²) in [6, 6.07) is 0. The molecule has 1 aromatic rings. The molecule has 1 aromatic heterocycles. The summed E-state index contributed by atoms with van der Waals surface area (Å²) in [5.41, 5.74) is 1.37. The maximum absolute atomic E-state index is 4.34. The smallest absolute Gasteiger partial charge is 0.0664 e. The summed E-state index contributed by atoms with van der Waals surface area (Å²) < 4.78 is 3.15. The highest BCUT2D eigenvalue weighted by Crippen LogP contribution is 2.17. The molecule has 1 rings (SSSR count). The highest BCUT2D eigenvalue weighted by molar-refractivity contribution is 9.10. The van der Waals surface area contributed by atoms with Crippen LogP contribution in [0.5, 0.6) is 0 Å². The zero-order chi connectivity index (χ0) is 11.5. The van der Waals surface area contributed by atoms with Crippen LogP contribution in [0.3, 0.4) is 0 Å². The molecule has 0 fully saturated rings. The predicted octanol–water partition coefficient (Wildman–Crippen LogP) is 2.94. The standard InChI is InChI=1S/C11H20BrN3/c1-5-6-15-10(9(12)7-14-15)8-13-11(2,3)4/h7,13H,5-6,8H2,1-4H3. The first-order valence-corrected chi connectivity index (χ1v) is 6.18. The van der Waals surface area contributed by atoms with Gasteiger partial charge in [0.25, 0.3) is 0 Å². The Labute approximate surface area is 100 Å². The van der Waals surface area contributed by atoms with E-state index in [2.05, 4.69) is 58.7 Å². The summed E-state index contributed by atoms with van der Waals surface area (Å²) in [6.07, 6.45) is 2.98. The topological polar surface area (TPSA) is 29.9 Å². The van der Waals surface area contributed by atoms with Crippen molar-refractivity contribution in [2.75, 3.05) is 0 Å². The summed E-state index contributed by atoms with van der Waals surface area (Å²) in [5, 5.41) is 7.81. The van der Waals surface area contributed by atoms with E-state index < -0.39 is 0 Å². The van der Waals surface area contributed by atoms with Crippen molar-refractivity contribution in [1.29, 1.82) is 0 Å². The number of hydrogen-bond acceptors (Lipinski definition) is 2. The SMILES string of the molecule is CCCn1ncc(Br)c1CNC(C)(C)C. The highest BCUT2D eigenvalue weighted by Gasteiger charge is 2.13. The summed E-state index contributed by atoms with van der Waals surface area (Å²) in [5.74, 6) is 0. The van der Waals surface area contributed by atoms with Crippen molar-refractivity contribution >= 4 is 15.9 Å². The molecule has 0 aliphatic rings. The Kier molecular flexibility index (Phi) is 4.34. The second-order valence-corrected chi connectivity index (χ2v) is 5.62. The third-order valence-corrected chi connectivity index (χ3v) is 2.78. The van der Waals surface area contributed by atoms with Gasteiger partial charge in [-0.05, 0) is 43.1 Å². The molecule has 0 unspecified atom stereocenters. The van der Waals surface area contributed by atoms with Crippen LogP contribution >= 0.6 is 15.9 Å². The molecule has 0 radical (unpaired) electrons. The van der Waals surface area contributed by atoms with Crippen molar-refractivity contribution in [2.24, 2.45) is 0 Å². The van der Waals surface area contributed by atoms with Gasteiger partial charge in [-0.15, -0.1) is 0 Å². The Balaban J connectivity index is 2.70. The molecule has 15 heavy (non-hydrogen) atoms. The Morgan fingerprint density at radius 2 is 2.13 bits per heavy atom. The number of rotatable bonds is 4. The summed E-state index contributed by atoms with van der Waals surface area (Å²) in [4.78, 5) is 0. The zero-order valence-corrected chi connectivity index (χ0v) is 11.6. The average Bonchev–Trinajstić information content (AvgIpc) is 2.44. The third kappa shape index (κ3) is 3.95. The van der Waals surface area contributed by atoms with E-state index in [4.69, 9.17) is 0 Å². The Morgan fingerprint density at radius 3 is 2.67 bits per heavy atom. The number of nitrogens with one attached hydrogen (secondary N) is 1. The van der Waals surface area contributed by atoms with E-state index in [0.717, 1.165) is 24.0 Å². The van der Waals surface area contributed by atoms with Crippen molar-refractivity contribution < 1.29 is 0 Å². The van der Waals surface area contributed by atoms with Gasteiger partial charge in [0.1, 0.15) is 0 Å². The van der Waals surface area contributed by atoms with Crippen LogP contribution in [0.15, 0.2) is 10.7 Å². The molecule has 3 nitrogen and oxygen atoms in total. The second kappa shape index (κ2) is 5.12. The van der Waals surface area contributed by atoms with Crippen molar-refractivity contribution in [2.45, 2.75) is 52.7 Å². The van der Waals surface area contributed by atoms with E-state index in [0.29, 0.717) is 0 Å². The fraction of sp³-hybridized carbons (Fsp3) is 0.727. The predicted molar refractivity (Wildman–Crippen MR) is 66.8 cm³/mol. The van der Waals surface area contributed by atoms with Gasteiger partial charge in [-0.25, -0.2) is 0 Å². The first-order chi connectivity index (χ1) is 6.94. The number of nitrogens with zero attached hydrogens (tertiary/aromatic N) is 2. The minimum atomic E-state index is 0.140. The fourth-order valence-corrected chi connectivity index (χ4v) is 1.75. The maximum atomic E-state index is 4.34. The lowest BCUT2D eigenvalue weighted by molar-refractivity contribution is 0.410. The van der Waals surface area contributed by atoms with Crippen LogP contribution in [0.4, 0.5) is 0 Å². The van der Waals surface area contributed by atoms with E-state index in [-0.39, 0.29) is 5.54 Å². The van der Waals surface area contributed by atoms with Crippen LogP contribution in [0.25, 0.3) is 0 Å². The van der Waals surface area contributed by atoms with E-state index in [1.807, 2.05) is 6.20 Å². The first-order valence-electron chi connectivity index (χ1n) is 5.39. The number of aryl methyl sites for hydroxylation is 1. The average molecular weight is 274 g/mol. The molecule has 0 atom stereocenters. The lowest BCUT2D eigenvalue weighted by Crippen LogP contribution is -2.35. The highest BCUT2D eigenvalue weighted by atomic mass is 79.9. The first kappa shape index (κ1) is 12.7. The van der Waals surface area contributed by atoms with Crippen LogP contribution < -0.4 is 5.32 Å². The number of hydrogen-bond donors (Lipinski definition) is 1. The fourth-order valence-electron chi connectivity index (χ4n) is 1.32. The van der Waals surface area contributed by atoms with E-state index in [1.165, 1.54) is 5.69 Å². The van der Waals surface area contributed by atoms with Crippen molar-refractivity contribution in [3.8, 4) is 0 Å². The summed E-state index contributed by atoms with van der Waals surface area (Å²) in [7, 11) is 0.